The van der Waals surface area contributed by atoms with Gasteiger partial charge in [0.2, 0.25) is 5.91 Å². The monoisotopic (exact) mass is 451 g/mol. The summed E-state index contributed by atoms with van der Waals surface area (Å²) in [5.41, 5.74) is 5.84. The van der Waals surface area contributed by atoms with Gasteiger partial charge in [-0.3, -0.25) is 4.79 Å². The van der Waals surface area contributed by atoms with E-state index < -0.39 is 0 Å². The lowest BCUT2D eigenvalue weighted by Crippen LogP contribution is -2.23. The molecule has 2 aromatic carbocycles. The molecule has 6 nitrogen and oxygen atoms in total. The molecule has 0 saturated heterocycles. The smallest absolute Gasteiger partial charge is 0.220 e. The van der Waals surface area contributed by atoms with Crippen LogP contribution in [-0.2, 0) is 17.8 Å². The molecular formula is C28H25N3O3. The summed E-state index contributed by atoms with van der Waals surface area (Å²) in [6.07, 6.45) is 4.57. The average molecular weight is 452 g/mol. The van der Waals surface area contributed by atoms with E-state index in [0.717, 1.165) is 45.2 Å². The molecule has 0 radical (unpaired) electrons. The van der Waals surface area contributed by atoms with E-state index in [1.165, 1.54) is 0 Å². The van der Waals surface area contributed by atoms with Gasteiger partial charge < -0.3 is 18.9 Å². The standard InChI is InChI=1S/C28H25N3O3/c1-33-23-10-5-9-21(17-23)28-25(13-15-27(32)29-18-24-11-6-16-34-24)31-19-22(12-14-26(31)30-28)20-7-3-2-4-8-20/h2-12,14,16-17,19H,13,15,18H2,1H3,(H,29,32). The molecule has 0 saturated carbocycles. The zero-order valence-corrected chi connectivity index (χ0v) is 18.9. The van der Waals surface area contributed by atoms with Crippen molar-refractivity contribution in [3.05, 3.63) is 103 Å². The number of rotatable bonds is 8. The van der Waals surface area contributed by atoms with Gasteiger partial charge in [-0.25, -0.2) is 4.98 Å². The Balaban J connectivity index is 1.49. The number of carbonyl (C=O) groups is 1. The SMILES string of the molecule is COc1cccc(-c2nc3ccc(-c4ccccc4)cn3c2CCC(=O)NCc2ccco2)c1. The number of carbonyl (C=O) groups excluding carboxylic acids is 1. The van der Waals surface area contributed by atoms with Gasteiger partial charge in [0, 0.05) is 18.2 Å². The Morgan fingerprint density at radius 1 is 0.971 bits per heavy atom. The number of fused-ring (bicyclic) bond motifs is 1. The number of nitrogens with one attached hydrogen (secondary N) is 1. The van der Waals surface area contributed by atoms with E-state index >= 15 is 0 Å². The molecule has 0 aliphatic rings. The van der Waals surface area contributed by atoms with Gasteiger partial charge in [0.05, 0.1) is 31.3 Å². The maximum Gasteiger partial charge on any atom is 0.220 e. The fourth-order valence-corrected chi connectivity index (χ4v) is 4.05. The van der Waals surface area contributed by atoms with E-state index in [4.69, 9.17) is 14.1 Å². The van der Waals surface area contributed by atoms with Crippen molar-refractivity contribution in [2.45, 2.75) is 19.4 Å². The van der Waals surface area contributed by atoms with Crippen LogP contribution >= 0.6 is 0 Å². The fourth-order valence-electron chi connectivity index (χ4n) is 4.05. The lowest BCUT2D eigenvalue weighted by molar-refractivity contribution is -0.121. The highest BCUT2D eigenvalue weighted by Crippen LogP contribution is 2.30. The molecule has 0 unspecified atom stereocenters. The highest BCUT2D eigenvalue weighted by Gasteiger charge is 2.17. The second-order valence-corrected chi connectivity index (χ2v) is 8.01. The van der Waals surface area contributed by atoms with Crippen molar-refractivity contribution in [3.8, 4) is 28.1 Å². The van der Waals surface area contributed by atoms with Crippen LogP contribution in [0.1, 0.15) is 17.9 Å². The van der Waals surface area contributed by atoms with Crippen LogP contribution in [0.25, 0.3) is 28.0 Å². The number of furan rings is 1. The van der Waals surface area contributed by atoms with E-state index in [1.807, 2.05) is 60.7 Å². The summed E-state index contributed by atoms with van der Waals surface area (Å²) >= 11 is 0. The zero-order chi connectivity index (χ0) is 23.3. The molecule has 5 rings (SSSR count). The van der Waals surface area contributed by atoms with Crippen LogP contribution in [0.5, 0.6) is 5.75 Å². The van der Waals surface area contributed by atoms with Crippen LogP contribution in [0.3, 0.4) is 0 Å². The molecule has 34 heavy (non-hydrogen) atoms. The number of hydrogen-bond donors (Lipinski definition) is 1. The Kier molecular flexibility index (Phi) is 6.12. The normalized spacial score (nSPS) is 11.0. The van der Waals surface area contributed by atoms with Crippen molar-refractivity contribution in [1.29, 1.82) is 0 Å². The Bertz CT molecular complexity index is 1410. The number of ether oxygens (including phenoxy) is 1. The first kappa shape index (κ1) is 21.5. The maximum atomic E-state index is 12.6. The summed E-state index contributed by atoms with van der Waals surface area (Å²) in [4.78, 5) is 17.5. The van der Waals surface area contributed by atoms with Gasteiger partial charge in [-0.05, 0) is 53.9 Å². The number of imidazole rings is 1. The maximum absolute atomic E-state index is 12.6. The summed E-state index contributed by atoms with van der Waals surface area (Å²) < 4.78 is 12.8. The summed E-state index contributed by atoms with van der Waals surface area (Å²) in [5, 5.41) is 2.93. The van der Waals surface area contributed by atoms with Crippen molar-refractivity contribution in [2.75, 3.05) is 7.11 Å². The summed E-state index contributed by atoms with van der Waals surface area (Å²) in [5.74, 6) is 1.46. The molecule has 0 bridgehead atoms. The van der Waals surface area contributed by atoms with Gasteiger partial charge in [0.1, 0.15) is 17.2 Å². The highest BCUT2D eigenvalue weighted by molar-refractivity contribution is 5.77. The average Bonchev–Trinajstić information content (AvgIpc) is 3.54. The van der Waals surface area contributed by atoms with Gasteiger partial charge >= 0.3 is 0 Å². The molecule has 170 valence electrons. The van der Waals surface area contributed by atoms with Crippen molar-refractivity contribution >= 4 is 11.6 Å². The van der Waals surface area contributed by atoms with Gasteiger partial charge in [-0.15, -0.1) is 0 Å². The summed E-state index contributed by atoms with van der Waals surface area (Å²) in [6.45, 7) is 0.375. The number of methoxy groups -OCH3 is 1. The minimum Gasteiger partial charge on any atom is -0.497 e. The lowest BCUT2D eigenvalue weighted by atomic mass is 10.1. The van der Waals surface area contributed by atoms with E-state index in [-0.39, 0.29) is 5.91 Å². The first-order valence-corrected chi connectivity index (χ1v) is 11.2. The van der Waals surface area contributed by atoms with Crippen molar-refractivity contribution in [2.24, 2.45) is 0 Å². The topological polar surface area (TPSA) is 68.8 Å². The molecule has 3 heterocycles. The van der Waals surface area contributed by atoms with Crippen LogP contribution in [0.2, 0.25) is 0 Å². The molecule has 0 spiro atoms. The minimum atomic E-state index is -0.0397. The van der Waals surface area contributed by atoms with Gasteiger partial charge in [0.15, 0.2) is 0 Å². The van der Waals surface area contributed by atoms with Crippen LogP contribution < -0.4 is 10.1 Å². The molecule has 0 aliphatic carbocycles. The molecule has 1 N–H and O–H groups in total. The zero-order valence-electron chi connectivity index (χ0n) is 18.9. The third kappa shape index (κ3) is 4.57. The third-order valence-corrected chi connectivity index (χ3v) is 5.80. The van der Waals surface area contributed by atoms with Gasteiger partial charge in [0.25, 0.3) is 0 Å². The largest absolute Gasteiger partial charge is 0.497 e. The quantitative estimate of drug-likeness (QED) is 0.337. The molecule has 1 amide bonds. The van der Waals surface area contributed by atoms with E-state index in [9.17, 15) is 4.79 Å². The molecule has 0 fully saturated rings. The van der Waals surface area contributed by atoms with Crippen molar-refractivity contribution in [1.82, 2.24) is 14.7 Å². The molecule has 5 aromatic rings. The summed E-state index contributed by atoms with van der Waals surface area (Å²) in [6, 6.07) is 25.8. The van der Waals surface area contributed by atoms with Crippen LogP contribution in [-0.4, -0.2) is 22.4 Å². The lowest BCUT2D eigenvalue weighted by Gasteiger charge is -2.09. The van der Waals surface area contributed by atoms with E-state index in [0.29, 0.717) is 19.4 Å². The molecule has 0 atom stereocenters. The van der Waals surface area contributed by atoms with Crippen LogP contribution in [0.4, 0.5) is 0 Å². The van der Waals surface area contributed by atoms with Crippen molar-refractivity contribution < 1.29 is 13.9 Å². The molecule has 3 aromatic heterocycles. The molecule has 6 heteroatoms. The number of aromatic nitrogens is 2. The van der Waals surface area contributed by atoms with Crippen LogP contribution in [0, 0.1) is 0 Å². The van der Waals surface area contributed by atoms with E-state index in [2.05, 4.69) is 34.1 Å². The van der Waals surface area contributed by atoms with Gasteiger partial charge in [-0.1, -0.05) is 42.5 Å². The van der Waals surface area contributed by atoms with Crippen molar-refractivity contribution in [3.63, 3.8) is 0 Å². The molecular weight excluding hydrogens is 426 g/mol. The van der Waals surface area contributed by atoms with E-state index in [1.54, 1.807) is 13.4 Å². The second kappa shape index (κ2) is 9.67. The Morgan fingerprint density at radius 2 is 1.82 bits per heavy atom. The number of nitrogens with zero attached hydrogens (tertiary/aromatic N) is 2. The Morgan fingerprint density at radius 3 is 2.62 bits per heavy atom. The Labute approximate surface area is 197 Å². The number of aryl methyl sites for hydroxylation is 1. The fraction of sp³-hybridized carbons (Fsp3) is 0.143. The molecule has 0 aliphatic heterocycles. The first-order chi connectivity index (χ1) is 16.7. The first-order valence-electron chi connectivity index (χ1n) is 11.2. The minimum absolute atomic E-state index is 0.0397. The van der Waals surface area contributed by atoms with Gasteiger partial charge in [-0.2, -0.15) is 0 Å². The number of benzene rings is 2. The highest BCUT2D eigenvalue weighted by atomic mass is 16.5. The predicted octanol–water partition coefficient (Wildman–Crippen LogP) is 5.52. The third-order valence-electron chi connectivity index (χ3n) is 5.80. The number of pyridine rings is 1. The number of hydrogen-bond acceptors (Lipinski definition) is 4. The predicted molar refractivity (Wildman–Crippen MR) is 131 cm³/mol. The number of amides is 1. The second-order valence-electron chi connectivity index (χ2n) is 8.01. The van der Waals surface area contributed by atoms with Crippen LogP contribution in [0.15, 0.2) is 95.7 Å². The summed E-state index contributed by atoms with van der Waals surface area (Å²) in [7, 11) is 1.65. The Hall–Kier alpha value is -4.32.